The predicted octanol–water partition coefficient (Wildman–Crippen LogP) is 6.25. The van der Waals surface area contributed by atoms with Gasteiger partial charge in [0.05, 0.1) is 0 Å². The van der Waals surface area contributed by atoms with Crippen molar-refractivity contribution in [2.45, 2.75) is 25.0 Å². The van der Waals surface area contributed by atoms with E-state index in [9.17, 15) is 0 Å². The molecule has 0 saturated carbocycles. The van der Waals surface area contributed by atoms with Crippen LogP contribution in [-0.2, 0) is 10.3 Å². The second kappa shape index (κ2) is 7.00. The second-order valence-corrected chi connectivity index (χ2v) is 8.06. The number of rotatable bonds is 2. The molecule has 0 N–H and O–H groups in total. The van der Waals surface area contributed by atoms with Gasteiger partial charge < -0.3 is 14.4 Å². The summed E-state index contributed by atoms with van der Waals surface area (Å²) < 4.78 is 13.5. The van der Waals surface area contributed by atoms with Crippen LogP contribution in [0.25, 0.3) is 0 Å². The Hall–Kier alpha value is -3.56. The Kier molecular flexibility index (Phi) is 4.12. The van der Waals surface area contributed by atoms with Crippen molar-refractivity contribution < 1.29 is 9.47 Å². The highest BCUT2D eigenvalue weighted by molar-refractivity contribution is 5.66. The van der Waals surface area contributed by atoms with E-state index in [-0.39, 0.29) is 12.5 Å². The summed E-state index contributed by atoms with van der Waals surface area (Å²) in [5.41, 5.74) is 4.80. The molecular weight excluding hydrogens is 382 g/mol. The van der Waals surface area contributed by atoms with Crippen molar-refractivity contribution in [2.75, 3.05) is 4.90 Å². The number of para-hydroxylation sites is 2. The van der Waals surface area contributed by atoms with Gasteiger partial charge in [-0.15, -0.1) is 0 Å². The van der Waals surface area contributed by atoms with Crippen LogP contribution in [0.1, 0.15) is 35.4 Å². The fourth-order valence-electron chi connectivity index (χ4n) is 5.00. The molecule has 2 aliphatic heterocycles. The largest absolute Gasteiger partial charge is 0.470 e. The lowest BCUT2D eigenvalue weighted by molar-refractivity contribution is -0.0829. The third-order valence-corrected chi connectivity index (χ3v) is 6.34. The van der Waals surface area contributed by atoms with Gasteiger partial charge in [-0.25, -0.2) is 0 Å². The lowest BCUT2D eigenvalue weighted by Crippen LogP contribution is -2.53. The maximum absolute atomic E-state index is 7.22. The summed E-state index contributed by atoms with van der Waals surface area (Å²) in [5, 5.41) is 0. The molecule has 0 spiro atoms. The van der Waals surface area contributed by atoms with Crippen molar-refractivity contribution >= 4 is 5.69 Å². The summed E-state index contributed by atoms with van der Waals surface area (Å²) in [6.07, 6.45) is -0.416. The minimum absolute atomic E-state index is 0.148. The maximum Gasteiger partial charge on any atom is 0.171 e. The first-order chi connectivity index (χ1) is 15.3. The van der Waals surface area contributed by atoms with Crippen LogP contribution in [0.3, 0.4) is 0 Å². The summed E-state index contributed by atoms with van der Waals surface area (Å²) in [6, 6.07) is 37.8. The van der Waals surface area contributed by atoms with E-state index in [0.717, 1.165) is 33.7 Å². The molecule has 0 saturated heterocycles. The van der Waals surface area contributed by atoms with E-state index in [4.69, 9.17) is 9.47 Å². The molecule has 0 aromatic heterocycles. The third kappa shape index (κ3) is 2.63. The van der Waals surface area contributed by atoms with Gasteiger partial charge in [0.15, 0.2) is 12.5 Å². The van der Waals surface area contributed by atoms with Crippen molar-refractivity contribution in [1.29, 1.82) is 0 Å². The predicted molar refractivity (Wildman–Crippen MR) is 122 cm³/mol. The molecule has 0 bridgehead atoms. The molecule has 0 amide bonds. The van der Waals surface area contributed by atoms with Gasteiger partial charge in [0.2, 0.25) is 0 Å². The quantitative estimate of drug-likeness (QED) is 0.393. The molecule has 6 rings (SSSR count). The van der Waals surface area contributed by atoms with Crippen LogP contribution >= 0.6 is 0 Å². The average molecular weight is 405 g/mol. The average Bonchev–Trinajstić information content (AvgIpc) is 2.84. The van der Waals surface area contributed by atoms with E-state index < -0.39 is 5.60 Å². The Morgan fingerprint density at radius 3 is 1.97 bits per heavy atom. The summed E-state index contributed by atoms with van der Waals surface area (Å²) >= 11 is 0. The molecule has 3 nitrogen and oxygen atoms in total. The van der Waals surface area contributed by atoms with Crippen molar-refractivity contribution in [1.82, 2.24) is 0 Å². The van der Waals surface area contributed by atoms with E-state index in [1.54, 1.807) is 0 Å². The first-order valence-corrected chi connectivity index (χ1v) is 10.7. The fourth-order valence-corrected chi connectivity index (χ4v) is 5.00. The zero-order chi connectivity index (χ0) is 20.8. The second-order valence-electron chi connectivity index (χ2n) is 8.06. The van der Waals surface area contributed by atoms with Crippen molar-refractivity contribution in [3.05, 3.63) is 131 Å². The smallest absolute Gasteiger partial charge is 0.171 e. The van der Waals surface area contributed by atoms with E-state index in [1.807, 2.05) is 18.2 Å². The molecule has 3 heteroatoms. The van der Waals surface area contributed by atoms with Crippen LogP contribution in [0, 0.1) is 0 Å². The lowest BCUT2D eigenvalue weighted by atomic mass is 9.77. The highest BCUT2D eigenvalue weighted by Crippen LogP contribution is 2.55. The Labute approximate surface area is 182 Å². The molecule has 4 aromatic carbocycles. The first-order valence-electron chi connectivity index (χ1n) is 10.7. The fraction of sp³-hybridized carbons (Fsp3) is 0.143. The SMILES string of the molecule is C[C@@H]1Oc2ccccc2[C@H]2OC(c3ccccc3)(c3ccccc3)c3ccccc3N12. The topological polar surface area (TPSA) is 21.7 Å². The van der Waals surface area contributed by atoms with Gasteiger partial charge >= 0.3 is 0 Å². The van der Waals surface area contributed by atoms with Gasteiger partial charge in [-0.3, -0.25) is 0 Å². The monoisotopic (exact) mass is 405 g/mol. The van der Waals surface area contributed by atoms with Crippen LogP contribution in [-0.4, -0.2) is 6.23 Å². The summed E-state index contributed by atoms with van der Waals surface area (Å²) in [7, 11) is 0. The Morgan fingerprint density at radius 1 is 0.677 bits per heavy atom. The van der Waals surface area contributed by atoms with Crippen LogP contribution < -0.4 is 9.64 Å². The number of anilines is 1. The number of nitrogens with zero attached hydrogens (tertiary/aromatic N) is 1. The van der Waals surface area contributed by atoms with Gasteiger partial charge in [-0.2, -0.15) is 0 Å². The summed E-state index contributed by atoms with van der Waals surface area (Å²) in [5.74, 6) is 0.880. The molecule has 31 heavy (non-hydrogen) atoms. The molecule has 2 aliphatic rings. The van der Waals surface area contributed by atoms with Gasteiger partial charge in [0, 0.05) is 16.8 Å². The minimum atomic E-state index is -0.732. The van der Waals surface area contributed by atoms with E-state index >= 15 is 0 Å². The first kappa shape index (κ1) is 18.2. The Morgan fingerprint density at radius 2 is 1.26 bits per heavy atom. The highest BCUT2D eigenvalue weighted by Gasteiger charge is 2.50. The Bertz CT molecular complexity index is 1180. The van der Waals surface area contributed by atoms with Gasteiger partial charge in [-0.05, 0) is 30.2 Å². The van der Waals surface area contributed by atoms with E-state index in [0.29, 0.717) is 0 Å². The lowest BCUT2D eigenvalue weighted by Gasteiger charge is -2.52. The van der Waals surface area contributed by atoms with Crippen LogP contribution in [0.5, 0.6) is 5.75 Å². The molecule has 0 fully saturated rings. The summed E-state index contributed by atoms with van der Waals surface area (Å²) in [6.45, 7) is 2.08. The van der Waals surface area contributed by atoms with Crippen LogP contribution in [0.4, 0.5) is 5.69 Å². The minimum Gasteiger partial charge on any atom is -0.470 e. The van der Waals surface area contributed by atoms with Crippen molar-refractivity contribution in [3.63, 3.8) is 0 Å². The molecule has 2 heterocycles. The molecule has 0 aliphatic carbocycles. The normalized spacial score (nSPS) is 20.7. The van der Waals surface area contributed by atoms with Crippen molar-refractivity contribution in [2.24, 2.45) is 0 Å². The summed E-state index contributed by atoms with van der Waals surface area (Å²) in [4.78, 5) is 2.25. The zero-order valence-electron chi connectivity index (χ0n) is 17.3. The van der Waals surface area contributed by atoms with Crippen LogP contribution in [0.15, 0.2) is 109 Å². The van der Waals surface area contributed by atoms with Gasteiger partial charge in [0.1, 0.15) is 11.4 Å². The molecule has 152 valence electrons. The Balaban J connectivity index is 1.69. The molecule has 0 unspecified atom stereocenters. The molecule has 0 radical (unpaired) electrons. The molecule has 2 atom stereocenters. The third-order valence-electron chi connectivity index (χ3n) is 6.34. The van der Waals surface area contributed by atoms with E-state index in [1.165, 1.54) is 0 Å². The van der Waals surface area contributed by atoms with E-state index in [2.05, 4.69) is 103 Å². The van der Waals surface area contributed by atoms with Gasteiger partial charge in [0.25, 0.3) is 0 Å². The molecule has 4 aromatic rings. The van der Waals surface area contributed by atoms with Gasteiger partial charge in [-0.1, -0.05) is 97.1 Å². The molecular formula is C28H23NO2. The number of hydrogen-bond acceptors (Lipinski definition) is 3. The van der Waals surface area contributed by atoms with Crippen LogP contribution in [0.2, 0.25) is 0 Å². The number of fused-ring (bicyclic) bond motifs is 5. The number of ether oxygens (including phenoxy) is 2. The standard InChI is InChI=1S/C28H23NO2/c1-20-29-25-18-10-9-17-24(25)28(21-12-4-2-5-13-21,22-14-6-3-7-15-22)31-27(29)23-16-8-11-19-26(23)30-20/h2-20,27H,1H3/t20-,27+/m0/s1. The highest BCUT2D eigenvalue weighted by atomic mass is 16.6. The maximum atomic E-state index is 7.22. The zero-order valence-corrected chi connectivity index (χ0v) is 17.3. The van der Waals surface area contributed by atoms with Crippen molar-refractivity contribution in [3.8, 4) is 5.75 Å². The number of benzene rings is 4. The number of hydrogen-bond donors (Lipinski definition) is 0.